The van der Waals surface area contributed by atoms with Gasteiger partial charge in [-0.25, -0.2) is 4.79 Å². The number of aromatic nitrogens is 1. The minimum Gasteiger partial charge on any atom is -0.462 e. The van der Waals surface area contributed by atoms with Gasteiger partial charge in [-0.2, -0.15) is 0 Å². The first-order chi connectivity index (χ1) is 10.3. The van der Waals surface area contributed by atoms with E-state index in [0.29, 0.717) is 12.2 Å². The third kappa shape index (κ3) is 2.97. The van der Waals surface area contributed by atoms with Crippen molar-refractivity contribution < 1.29 is 9.53 Å². The molecule has 2 heterocycles. The molecule has 0 bridgehead atoms. The number of esters is 1. The zero-order valence-electron chi connectivity index (χ0n) is 12.1. The second kappa shape index (κ2) is 6.10. The fourth-order valence-electron chi connectivity index (χ4n) is 2.56. The van der Waals surface area contributed by atoms with Crippen LogP contribution in [0.2, 0.25) is 0 Å². The SMILES string of the molecule is CCOC(=O)c1cnc2ccc(N3CCNCC3)cc2c1. The summed E-state index contributed by atoms with van der Waals surface area (Å²) in [5.74, 6) is -0.320. The first-order valence-electron chi connectivity index (χ1n) is 7.30. The van der Waals surface area contributed by atoms with Crippen LogP contribution in [-0.4, -0.2) is 43.7 Å². The highest BCUT2D eigenvalue weighted by atomic mass is 16.5. The monoisotopic (exact) mass is 285 g/mol. The minimum atomic E-state index is -0.320. The second-order valence-corrected chi connectivity index (χ2v) is 5.06. The summed E-state index contributed by atoms with van der Waals surface area (Å²) in [4.78, 5) is 18.5. The van der Waals surface area contributed by atoms with Gasteiger partial charge in [-0.15, -0.1) is 0 Å². The maximum Gasteiger partial charge on any atom is 0.339 e. The zero-order valence-corrected chi connectivity index (χ0v) is 12.1. The summed E-state index contributed by atoms with van der Waals surface area (Å²) >= 11 is 0. The van der Waals surface area contributed by atoms with E-state index in [1.807, 2.05) is 12.1 Å². The number of carbonyl (C=O) groups excluding carboxylic acids is 1. The van der Waals surface area contributed by atoms with E-state index in [1.165, 1.54) is 5.69 Å². The Kier molecular flexibility index (Phi) is 4.01. The van der Waals surface area contributed by atoms with E-state index in [9.17, 15) is 4.79 Å². The molecular formula is C16H19N3O2. The number of fused-ring (bicyclic) bond motifs is 1. The lowest BCUT2D eigenvalue weighted by Crippen LogP contribution is -2.43. The van der Waals surface area contributed by atoms with Gasteiger partial charge in [0.15, 0.2) is 0 Å². The average molecular weight is 285 g/mol. The van der Waals surface area contributed by atoms with Crippen LogP contribution in [0.15, 0.2) is 30.5 Å². The number of carbonyl (C=O) groups is 1. The average Bonchev–Trinajstić information content (AvgIpc) is 2.55. The number of pyridine rings is 1. The predicted molar refractivity (Wildman–Crippen MR) is 82.8 cm³/mol. The number of ether oxygens (including phenoxy) is 1. The third-order valence-electron chi connectivity index (χ3n) is 3.66. The van der Waals surface area contributed by atoms with Crippen molar-refractivity contribution in [3.8, 4) is 0 Å². The van der Waals surface area contributed by atoms with Crippen molar-refractivity contribution in [2.45, 2.75) is 6.92 Å². The lowest BCUT2D eigenvalue weighted by atomic mass is 10.1. The number of hydrogen-bond donors (Lipinski definition) is 1. The molecule has 0 amide bonds. The summed E-state index contributed by atoms with van der Waals surface area (Å²) in [6.45, 7) is 6.16. The molecule has 1 N–H and O–H groups in total. The molecule has 1 aliphatic rings. The van der Waals surface area contributed by atoms with Gasteiger partial charge < -0.3 is 15.0 Å². The Labute approximate surface area is 123 Å². The molecule has 5 heteroatoms. The number of piperazine rings is 1. The van der Waals surface area contributed by atoms with E-state index in [-0.39, 0.29) is 5.97 Å². The summed E-state index contributed by atoms with van der Waals surface area (Å²) in [5, 5.41) is 4.31. The molecule has 0 unspecified atom stereocenters. The van der Waals surface area contributed by atoms with Gasteiger partial charge in [-0.1, -0.05) is 0 Å². The van der Waals surface area contributed by atoms with Crippen LogP contribution in [0.25, 0.3) is 10.9 Å². The molecule has 0 aliphatic carbocycles. The Morgan fingerprint density at radius 3 is 2.90 bits per heavy atom. The highest BCUT2D eigenvalue weighted by molar-refractivity contribution is 5.94. The zero-order chi connectivity index (χ0) is 14.7. The largest absolute Gasteiger partial charge is 0.462 e. The molecule has 5 nitrogen and oxygen atoms in total. The van der Waals surface area contributed by atoms with Gasteiger partial charge in [-0.3, -0.25) is 4.98 Å². The highest BCUT2D eigenvalue weighted by Gasteiger charge is 2.12. The van der Waals surface area contributed by atoms with Gasteiger partial charge in [-0.05, 0) is 31.2 Å². The lowest BCUT2D eigenvalue weighted by Gasteiger charge is -2.29. The van der Waals surface area contributed by atoms with E-state index in [1.54, 1.807) is 13.1 Å². The van der Waals surface area contributed by atoms with Crippen LogP contribution < -0.4 is 10.2 Å². The number of nitrogens with zero attached hydrogens (tertiary/aromatic N) is 2. The molecule has 21 heavy (non-hydrogen) atoms. The van der Waals surface area contributed by atoms with E-state index in [4.69, 9.17) is 4.74 Å². The summed E-state index contributed by atoms with van der Waals surface area (Å²) in [6, 6.07) is 8.04. The summed E-state index contributed by atoms with van der Waals surface area (Å²) in [6.07, 6.45) is 1.57. The molecule has 1 fully saturated rings. The number of hydrogen-bond acceptors (Lipinski definition) is 5. The molecule has 0 radical (unpaired) electrons. The molecule has 0 atom stereocenters. The van der Waals surface area contributed by atoms with Crippen LogP contribution in [0.3, 0.4) is 0 Å². The van der Waals surface area contributed by atoms with E-state index < -0.39 is 0 Å². The van der Waals surface area contributed by atoms with Gasteiger partial charge in [0.05, 0.1) is 17.7 Å². The van der Waals surface area contributed by atoms with E-state index in [2.05, 4.69) is 27.3 Å². The Balaban J connectivity index is 1.93. The fraction of sp³-hybridized carbons (Fsp3) is 0.375. The second-order valence-electron chi connectivity index (χ2n) is 5.06. The molecule has 0 saturated carbocycles. The van der Waals surface area contributed by atoms with E-state index >= 15 is 0 Å². The van der Waals surface area contributed by atoms with Gasteiger partial charge in [0.1, 0.15) is 0 Å². The van der Waals surface area contributed by atoms with Gasteiger partial charge in [0.25, 0.3) is 0 Å². The first-order valence-corrected chi connectivity index (χ1v) is 7.30. The smallest absolute Gasteiger partial charge is 0.339 e. The summed E-state index contributed by atoms with van der Waals surface area (Å²) in [5.41, 5.74) is 2.57. The molecule has 1 aromatic heterocycles. The Bertz CT molecular complexity index is 651. The maximum atomic E-state index is 11.8. The van der Waals surface area contributed by atoms with Gasteiger partial charge in [0, 0.05) is 43.4 Å². The fourth-order valence-corrected chi connectivity index (χ4v) is 2.56. The Morgan fingerprint density at radius 2 is 2.14 bits per heavy atom. The van der Waals surface area contributed by atoms with Crippen LogP contribution in [-0.2, 0) is 4.74 Å². The van der Waals surface area contributed by atoms with Crippen LogP contribution in [0.4, 0.5) is 5.69 Å². The molecular weight excluding hydrogens is 266 g/mol. The number of anilines is 1. The normalized spacial score (nSPS) is 15.2. The van der Waals surface area contributed by atoms with Crippen molar-refractivity contribution in [1.82, 2.24) is 10.3 Å². The lowest BCUT2D eigenvalue weighted by molar-refractivity contribution is 0.0526. The van der Waals surface area contributed by atoms with Gasteiger partial charge in [0.2, 0.25) is 0 Å². The highest BCUT2D eigenvalue weighted by Crippen LogP contribution is 2.22. The molecule has 0 spiro atoms. The number of nitrogens with one attached hydrogen (secondary N) is 1. The van der Waals surface area contributed by atoms with Crippen LogP contribution in [0.5, 0.6) is 0 Å². The third-order valence-corrected chi connectivity index (χ3v) is 3.66. The molecule has 3 rings (SSSR count). The first kappa shape index (κ1) is 13.8. The van der Waals surface area contributed by atoms with Crippen LogP contribution in [0, 0.1) is 0 Å². The van der Waals surface area contributed by atoms with Crippen LogP contribution >= 0.6 is 0 Å². The summed E-state index contributed by atoms with van der Waals surface area (Å²) in [7, 11) is 0. The standard InChI is InChI=1S/C16H19N3O2/c1-2-21-16(20)13-9-12-10-14(3-4-15(12)18-11-13)19-7-5-17-6-8-19/h3-4,9-11,17H,2,5-8H2,1H3. The quantitative estimate of drug-likeness (QED) is 0.872. The van der Waals surface area contributed by atoms with Crippen molar-refractivity contribution in [2.24, 2.45) is 0 Å². The summed E-state index contributed by atoms with van der Waals surface area (Å²) < 4.78 is 5.03. The van der Waals surface area contributed by atoms with E-state index in [0.717, 1.165) is 37.1 Å². The van der Waals surface area contributed by atoms with Gasteiger partial charge >= 0.3 is 5.97 Å². The molecule has 1 aliphatic heterocycles. The Morgan fingerprint density at radius 1 is 1.33 bits per heavy atom. The van der Waals surface area contributed by atoms with Crippen LogP contribution in [0.1, 0.15) is 17.3 Å². The minimum absolute atomic E-state index is 0.320. The molecule has 110 valence electrons. The molecule has 1 aromatic carbocycles. The number of benzene rings is 1. The predicted octanol–water partition coefficient (Wildman–Crippen LogP) is 1.82. The maximum absolute atomic E-state index is 11.8. The van der Waals surface area contributed by atoms with Crippen molar-refractivity contribution in [1.29, 1.82) is 0 Å². The molecule has 1 saturated heterocycles. The van der Waals surface area contributed by atoms with Crippen molar-refractivity contribution in [2.75, 3.05) is 37.7 Å². The van der Waals surface area contributed by atoms with Crippen molar-refractivity contribution >= 4 is 22.6 Å². The van der Waals surface area contributed by atoms with Crippen molar-refractivity contribution in [3.63, 3.8) is 0 Å². The van der Waals surface area contributed by atoms with Crippen molar-refractivity contribution in [3.05, 3.63) is 36.0 Å². The Hall–Kier alpha value is -2.14. The topological polar surface area (TPSA) is 54.5 Å². The number of rotatable bonds is 3. The molecule has 2 aromatic rings.